The molecule has 0 aliphatic heterocycles. The predicted molar refractivity (Wildman–Crippen MR) is 39.0 cm³/mol. The third kappa shape index (κ3) is 1.20. The molecule has 0 N–H and O–H groups in total. The third-order valence-electron chi connectivity index (χ3n) is 1.12. The molecule has 0 aliphatic carbocycles. The first-order valence-electron chi connectivity index (χ1n) is 2.85. The second kappa shape index (κ2) is 2.79. The highest BCUT2D eigenvalue weighted by atomic mass is 14.7. The number of nitriles is 1. The van der Waals surface area contributed by atoms with Crippen molar-refractivity contribution in [2.75, 3.05) is 0 Å². The maximum atomic E-state index is 8.39. The van der Waals surface area contributed by atoms with Gasteiger partial charge in [0, 0.05) is 6.20 Å². The van der Waals surface area contributed by atoms with Crippen molar-refractivity contribution in [2.24, 2.45) is 0 Å². The van der Waals surface area contributed by atoms with Gasteiger partial charge in [-0.1, -0.05) is 6.58 Å². The van der Waals surface area contributed by atoms with Crippen molar-refractivity contribution >= 4 is 6.08 Å². The fourth-order valence-corrected chi connectivity index (χ4v) is 0.592. The second-order valence-corrected chi connectivity index (χ2v) is 1.79. The van der Waals surface area contributed by atoms with Gasteiger partial charge >= 0.3 is 0 Å². The van der Waals surface area contributed by atoms with Gasteiger partial charge in [0.1, 0.15) is 6.07 Å². The van der Waals surface area contributed by atoms with Crippen LogP contribution in [0.1, 0.15) is 11.3 Å². The highest BCUT2D eigenvalue weighted by molar-refractivity contribution is 5.42. The van der Waals surface area contributed by atoms with Gasteiger partial charge in [0.25, 0.3) is 0 Å². The number of hydrogen-bond donors (Lipinski definition) is 0. The Labute approximate surface area is 59.4 Å². The number of hydrogen-bond acceptors (Lipinski definition) is 2. The second-order valence-electron chi connectivity index (χ2n) is 1.79. The van der Waals surface area contributed by atoms with Crippen molar-refractivity contribution in [2.45, 2.75) is 0 Å². The molecule has 1 heterocycles. The van der Waals surface area contributed by atoms with Gasteiger partial charge in [-0.05, 0) is 18.2 Å². The van der Waals surface area contributed by atoms with E-state index in [0.717, 1.165) is 5.69 Å². The summed E-state index contributed by atoms with van der Waals surface area (Å²) < 4.78 is 0. The van der Waals surface area contributed by atoms with Gasteiger partial charge in [-0.3, -0.25) is 4.98 Å². The Morgan fingerprint density at radius 3 is 2.80 bits per heavy atom. The fraction of sp³-hybridized carbons (Fsp3) is 0. The fourth-order valence-electron chi connectivity index (χ4n) is 0.592. The van der Waals surface area contributed by atoms with Crippen molar-refractivity contribution in [1.82, 2.24) is 4.98 Å². The van der Waals surface area contributed by atoms with Crippen LogP contribution >= 0.6 is 0 Å². The Bertz CT molecular complexity index is 266. The zero-order valence-electron chi connectivity index (χ0n) is 5.41. The van der Waals surface area contributed by atoms with Crippen molar-refractivity contribution in [3.63, 3.8) is 0 Å². The van der Waals surface area contributed by atoms with Crippen LogP contribution in [-0.4, -0.2) is 4.98 Å². The normalized spacial score (nSPS) is 8.30. The van der Waals surface area contributed by atoms with Crippen molar-refractivity contribution in [3.05, 3.63) is 36.2 Å². The van der Waals surface area contributed by atoms with Gasteiger partial charge in [-0.15, -0.1) is 0 Å². The topological polar surface area (TPSA) is 36.7 Å². The van der Waals surface area contributed by atoms with Crippen LogP contribution in [0.3, 0.4) is 0 Å². The molecule has 0 bridgehead atoms. The Hall–Kier alpha value is -1.62. The minimum absolute atomic E-state index is 0.575. The van der Waals surface area contributed by atoms with Gasteiger partial charge in [0.2, 0.25) is 0 Å². The molecule has 1 aromatic heterocycles. The minimum atomic E-state index is 0.575. The van der Waals surface area contributed by atoms with Crippen molar-refractivity contribution in [3.8, 4) is 6.07 Å². The first-order valence-corrected chi connectivity index (χ1v) is 2.85. The van der Waals surface area contributed by atoms with E-state index in [1.54, 1.807) is 18.2 Å². The summed E-state index contributed by atoms with van der Waals surface area (Å²) in [5, 5.41) is 8.39. The van der Waals surface area contributed by atoms with Crippen LogP contribution in [0.25, 0.3) is 6.08 Å². The van der Waals surface area contributed by atoms with Gasteiger partial charge in [-0.25, -0.2) is 0 Å². The standard InChI is InChI=1S/C8H6N2/c1-2-8-4-3-7(5-9)6-10-8/h2-4,6H,1H2. The van der Waals surface area contributed by atoms with E-state index in [9.17, 15) is 0 Å². The van der Waals surface area contributed by atoms with Crippen LogP contribution in [0.2, 0.25) is 0 Å². The summed E-state index contributed by atoms with van der Waals surface area (Å²) in [5.41, 5.74) is 1.37. The van der Waals surface area contributed by atoms with E-state index in [4.69, 9.17) is 5.26 Å². The summed E-state index contributed by atoms with van der Waals surface area (Å²) in [4.78, 5) is 3.93. The van der Waals surface area contributed by atoms with Crippen LogP contribution in [-0.2, 0) is 0 Å². The van der Waals surface area contributed by atoms with E-state index in [2.05, 4.69) is 11.6 Å². The lowest BCUT2D eigenvalue weighted by atomic mass is 10.3. The minimum Gasteiger partial charge on any atom is -0.256 e. The molecule has 10 heavy (non-hydrogen) atoms. The van der Waals surface area contributed by atoms with Crippen molar-refractivity contribution in [1.29, 1.82) is 5.26 Å². The van der Waals surface area contributed by atoms with Gasteiger partial charge in [0.05, 0.1) is 11.3 Å². The number of pyridine rings is 1. The summed E-state index contributed by atoms with van der Waals surface area (Å²) in [5.74, 6) is 0. The molecule has 0 atom stereocenters. The summed E-state index contributed by atoms with van der Waals surface area (Å²) in [6.45, 7) is 3.54. The molecule has 1 aromatic rings. The molecule has 0 fully saturated rings. The molecule has 0 unspecified atom stereocenters. The third-order valence-corrected chi connectivity index (χ3v) is 1.12. The molecule has 1 rings (SSSR count). The molecule has 0 amide bonds. The summed E-state index contributed by atoms with van der Waals surface area (Å²) in [6, 6.07) is 5.45. The van der Waals surface area contributed by atoms with E-state index in [-0.39, 0.29) is 0 Å². The summed E-state index contributed by atoms with van der Waals surface area (Å²) in [7, 11) is 0. The Morgan fingerprint density at radius 1 is 1.60 bits per heavy atom. The zero-order chi connectivity index (χ0) is 7.40. The largest absolute Gasteiger partial charge is 0.256 e. The van der Waals surface area contributed by atoms with E-state index < -0.39 is 0 Å². The van der Waals surface area contributed by atoms with Gasteiger partial charge < -0.3 is 0 Å². The molecule has 0 spiro atoms. The average molecular weight is 130 g/mol. The Balaban J connectivity index is 3.04. The maximum absolute atomic E-state index is 8.39. The van der Waals surface area contributed by atoms with Gasteiger partial charge in [-0.2, -0.15) is 5.26 Å². The lowest BCUT2D eigenvalue weighted by Crippen LogP contribution is -1.80. The van der Waals surface area contributed by atoms with Gasteiger partial charge in [0.15, 0.2) is 0 Å². The SMILES string of the molecule is C=Cc1ccc(C#N)cn1. The first kappa shape index (κ1) is 6.50. The lowest BCUT2D eigenvalue weighted by Gasteiger charge is -1.88. The first-order chi connectivity index (χ1) is 4.86. The molecule has 0 saturated carbocycles. The van der Waals surface area contributed by atoms with Crippen molar-refractivity contribution < 1.29 is 0 Å². The molecule has 0 saturated heterocycles. The van der Waals surface area contributed by atoms with Crippen LogP contribution < -0.4 is 0 Å². The zero-order valence-corrected chi connectivity index (χ0v) is 5.41. The molecule has 0 aliphatic rings. The molecule has 48 valence electrons. The predicted octanol–water partition coefficient (Wildman–Crippen LogP) is 1.60. The Kier molecular flexibility index (Phi) is 1.81. The highest BCUT2D eigenvalue weighted by Crippen LogP contribution is 1.98. The molecule has 0 radical (unpaired) electrons. The quantitative estimate of drug-likeness (QED) is 0.578. The van der Waals surface area contributed by atoms with E-state index in [0.29, 0.717) is 5.56 Å². The van der Waals surface area contributed by atoms with Crippen LogP contribution in [0.15, 0.2) is 24.9 Å². The van der Waals surface area contributed by atoms with Crippen LogP contribution in [0, 0.1) is 11.3 Å². The molecule has 0 aromatic carbocycles. The van der Waals surface area contributed by atoms with E-state index in [1.165, 1.54) is 6.20 Å². The molecule has 2 nitrogen and oxygen atoms in total. The summed E-state index contributed by atoms with van der Waals surface area (Å²) in [6.07, 6.45) is 3.16. The Morgan fingerprint density at radius 2 is 2.40 bits per heavy atom. The highest BCUT2D eigenvalue weighted by Gasteiger charge is 1.88. The lowest BCUT2D eigenvalue weighted by molar-refractivity contribution is 1.27. The maximum Gasteiger partial charge on any atom is 0.101 e. The van der Waals surface area contributed by atoms with E-state index in [1.807, 2.05) is 6.07 Å². The van der Waals surface area contributed by atoms with E-state index >= 15 is 0 Å². The molecular weight excluding hydrogens is 124 g/mol. The van der Waals surface area contributed by atoms with Crippen LogP contribution in [0.4, 0.5) is 0 Å². The monoisotopic (exact) mass is 130 g/mol. The molecule has 2 heteroatoms. The summed E-state index contributed by atoms with van der Waals surface area (Å²) >= 11 is 0. The average Bonchev–Trinajstić information content (AvgIpc) is 2.05. The number of nitrogens with zero attached hydrogens (tertiary/aromatic N) is 2. The number of aromatic nitrogens is 1. The van der Waals surface area contributed by atoms with Crippen LogP contribution in [0.5, 0.6) is 0 Å². The number of rotatable bonds is 1. The smallest absolute Gasteiger partial charge is 0.101 e. The molecular formula is C8H6N2.